The first-order valence-electron chi connectivity index (χ1n) is 9.45. The van der Waals surface area contributed by atoms with Gasteiger partial charge in [-0.3, -0.25) is 9.79 Å². The molecule has 3 N–H and O–H groups in total. The lowest BCUT2D eigenvalue weighted by Crippen LogP contribution is -2.38. The fourth-order valence-electron chi connectivity index (χ4n) is 3.19. The molecule has 0 saturated carbocycles. The molecule has 0 bridgehead atoms. The predicted molar refractivity (Wildman–Crippen MR) is 123 cm³/mol. The number of anilines is 1. The average molecular weight is 437 g/mol. The minimum Gasteiger partial charge on any atom is -0.374 e. The number of nitrogens with one attached hydrogen (secondary N) is 1. The van der Waals surface area contributed by atoms with Crippen LogP contribution in [0.1, 0.15) is 24.8 Å². The quantitative estimate of drug-likeness (QED) is 0.579. The van der Waals surface area contributed by atoms with Crippen LogP contribution in [0.25, 0.3) is 0 Å². The van der Waals surface area contributed by atoms with E-state index < -0.39 is 0 Å². The fraction of sp³-hybridized carbons (Fsp3) is 0.190. The van der Waals surface area contributed by atoms with Crippen LogP contribution < -0.4 is 11.1 Å². The van der Waals surface area contributed by atoms with E-state index in [0.29, 0.717) is 15.3 Å². The second kappa shape index (κ2) is 9.19. The summed E-state index contributed by atoms with van der Waals surface area (Å²) in [7, 11) is 0. The van der Waals surface area contributed by atoms with Crippen molar-refractivity contribution >= 4 is 57.1 Å². The summed E-state index contributed by atoms with van der Waals surface area (Å²) in [5.74, 6) is 0.377. The van der Waals surface area contributed by atoms with E-state index in [1.165, 1.54) is 23.1 Å². The molecule has 0 aliphatic carbocycles. The smallest absolute Gasteiger partial charge is 0.235 e. The molecule has 30 heavy (non-hydrogen) atoms. The van der Waals surface area contributed by atoms with Gasteiger partial charge >= 0.3 is 0 Å². The molecule has 152 valence electrons. The zero-order valence-corrected chi connectivity index (χ0v) is 17.9. The van der Waals surface area contributed by atoms with E-state index in [9.17, 15) is 4.79 Å². The van der Waals surface area contributed by atoms with Crippen LogP contribution in [0, 0.1) is 0 Å². The normalized spacial score (nSPS) is 15.6. The number of nitrogens with two attached hydrogens (primary N) is 1. The number of aromatic nitrogens is 2. The number of amidine groups is 1. The molecular formula is C21H20N6OS2. The maximum Gasteiger partial charge on any atom is 0.235 e. The number of para-hydroxylation sites is 2. The van der Waals surface area contributed by atoms with E-state index in [2.05, 4.69) is 22.4 Å². The number of aliphatic imine (C=N–C) groups is 2. The van der Waals surface area contributed by atoms with Gasteiger partial charge in [0.25, 0.3) is 0 Å². The molecule has 9 heteroatoms. The highest BCUT2D eigenvalue weighted by Crippen LogP contribution is 2.35. The Morgan fingerprint density at radius 2 is 1.77 bits per heavy atom. The topological polar surface area (TPSA) is 106 Å². The number of benzene rings is 2. The van der Waals surface area contributed by atoms with Crippen molar-refractivity contribution < 1.29 is 4.79 Å². The molecule has 1 aliphatic heterocycles. The van der Waals surface area contributed by atoms with Gasteiger partial charge in [-0.1, -0.05) is 72.5 Å². The zero-order valence-electron chi connectivity index (χ0n) is 16.3. The Kier molecular flexibility index (Phi) is 6.20. The lowest BCUT2D eigenvalue weighted by atomic mass is 9.91. The van der Waals surface area contributed by atoms with Crippen LogP contribution >= 0.6 is 23.1 Å². The molecule has 0 radical (unpaired) electrons. The fourth-order valence-corrected chi connectivity index (χ4v) is 4.62. The summed E-state index contributed by atoms with van der Waals surface area (Å²) in [6.07, 6.45) is 0.738. The third kappa shape index (κ3) is 4.58. The van der Waals surface area contributed by atoms with Crippen LogP contribution in [0.4, 0.5) is 16.5 Å². The third-order valence-corrected chi connectivity index (χ3v) is 6.39. The molecule has 0 fully saturated rings. The third-order valence-electron chi connectivity index (χ3n) is 4.50. The molecule has 3 aromatic rings. The molecule has 2 aromatic carbocycles. The van der Waals surface area contributed by atoms with Crippen molar-refractivity contribution in [2.75, 3.05) is 11.5 Å². The molecule has 4 rings (SSSR count). The largest absolute Gasteiger partial charge is 0.374 e. The number of hydrogen-bond donors (Lipinski definition) is 2. The first-order chi connectivity index (χ1) is 14.6. The summed E-state index contributed by atoms with van der Waals surface area (Å²) in [5, 5.41) is 11.1. The molecule has 7 nitrogen and oxygen atoms in total. The van der Waals surface area contributed by atoms with Gasteiger partial charge in [0.15, 0.2) is 4.34 Å². The average Bonchev–Trinajstić information content (AvgIpc) is 3.11. The molecule has 1 atom stereocenters. The van der Waals surface area contributed by atoms with Gasteiger partial charge in [0.05, 0.1) is 23.0 Å². The number of thioether (sulfide) groups is 1. The van der Waals surface area contributed by atoms with E-state index >= 15 is 0 Å². The minimum absolute atomic E-state index is 0.164. The lowest BCUT2D eigenvalue weighted by molar-refractivity contribution is -0.117. The molecule has 1 aliphatic rings. The summed E-state index contributed by atoms with van der Waals surface area (Å²) in [4.78, 5) is 22.5. The van der Waals surface area contributed by atoms with Gasteiger partial charge in [0.2, 0.25) is 11.0 Å². The summed E-state index contributed by atoms with van der Waals surface area (Å²) < 4.78 is 0.659. The van der Waals surface area contributed by atoms with Crippen LogP contribution in [0.15, 0.2) is 68.9 Å². The summed E-state index contributed by atoms with van der Waals surface area (Å²) in [5.41, 5.74) is 9.14. The van der Waals surface area contributed by atoms with Gasteiger partial charge in [-0.15, -0.1) is 10.2 Å². The Morgan fingerprint density at radius 3 is 2.43 bits per heavy atom. The summed E-state index contributed by atoms with van der Waals surface area (Å²) in [6.45, 7) is 2.07. The Morgan fingerprint density at radius 1 is 1.07 bits per heavy atom. The van der Waals surface area contributed by atoms with Gasteiger partial charge in [-0.2, -0.15) is 0 Å². The van der Waals surface area contributed by atoms with E-state index in [0.717, 1.165) is 29.1 Å². The number of nitrogen functional groups attached to an aromatic ring is 1. The molecule has 1 aromatic heterocycles. The number of hydrogen-bond acceptors (Lipinski definition) is 8. The van der Waals surface area contributed by atoms with Crippen LogP contribution in [0.3, 0.4) is 0 Å². The number of fused-ring (bicyclic) bond motifs is 1. The second-order valence-electron chi connectivity index (χ2n) is 6.53. The lowest BCUT2D eigenvalue weighted by Gasteiger charge is -2.20. The molecule has 2 heterocycles. The predicted octanol–water partition coefficient (Wildman–Crippen LogP) is 4.34. The standard InChI is InChI=1S/C21H20N6OS2/c1-2-14-18(13-8-4-3-5-9-13)19(24-16-11-7-6-10-15(16)23-14)25-17(28)12-29-21-27-26-20(22)30-21/h3-11,18H,2,12H2,1H3,(H2,22,26)(H,24,25,28)/t18-/m1/s1. The van der Waals surface area contributed by atoms with Gasteiger partial charge in [-0.05, 0) is 24.1 Å². The molecule has 0 spiro atoms. The Bertz CT molecular complexity index is 1110. The van der Waals surface area contributed by atoms with E-state index in [1.54, 1.807) is 0 Å². The van der Waals surface area contributed by atoms with Gasteiger partial charge in [-0.25, -0.2) is 4.99 Å². The maximum absolute atomic E-state index is 12.8. The number of rotatable bonds is 5. The van der Waals surface area contributed by atoms with Crippen molar-refractivity contribution in [3.63, 3.8) is 0 Å². The van der Waals surface area contributed by atoms with Crippen molar-refractivity contribution in [1.82, 2.24) is 15.5 Å². The van der Waals surface area contributed by atoms with Crippen LogP contribution in [0.5, 0.6) is 0 Å². The Labute approximate surface area is 182 Å². The van der Waals surface area contributed by atoms with E-state index in [-0.39, 0.29) is 17.6 Å². The second-order valence-corrected chi connectivity index (χ2v) is 8.76. The van der Waals surface area contributed by atoms with Crippen molar-refractivity contribution in [3.8, 4) is 0 Å². The number of nitrogens with zero attached hydrogens (tertiary/aromatic N) is 4. The van der Waals surface area contributed by atoms with Crippen molar-refractivity contribution in [3.05, 3.63) is 60.2 Å². The van der Waals surface area contributed by atoms with Crippen molar-refractivity contribution in [2.24, 2.45) is 9.98 Å². The zero-order chi connectivity index (χ0) is 20.9. The highest BCUT2D eigenvalue weighted by molar-refractivity contribution is 8.01. The monoisotopic (exact) mass is 436 g/mol. The number of carbonyl (C=O) groups excluding carboxylic acids is 1. The molecule has 0 saturated heterocycles. The van der Waals surface area contributed by atoms with Crippen LogP contribution in [-0.2, 0) is 4.79 Å². The maximum atomic E-state index is 12.8. The highest BCUT2D eigenvalue weighted by atomic mass is 32.2. The van der Waals surface area contributed by atoms with E-state index in [1.807, 2.05) is 54.6 Å². The first-order valence-corrected chi connectivity index (χ1v) is 11.3. The first kappa shape index (κ1) is 20.2. The van der Waals surface area contributed by atoms with Gasteiger partial charge < -0.3 is 11.1 Å². The molecule has 0 unspecified atom stereocenters. The van der Waals surface area contributed by atoms with Gasteiger partial charge in [0, 0.05) is 5.71 Å². The summed E-state index contributed by atoms with van der Waals surface area (Å²) in [6, 6.07) is 17.7. The Balaban J connectivity index is 1.65. The highest BCUT2D eigenvalue weighted by Gasteiger charge is 2.27. The van der Waals surface area contributed by atoms with Crippen molar-refractivity contribution in [1.29, 1.82) is 0 Å². The number of carbonyl (C=O) groups is 1. The van der Waals surface area contributed by atoms with Crippen LogP contribution in [0.2, 0.25) is 0 Å². The van der Waals surface area contributed by atoms with Crippen molar-refractivity contribution in [2.45, 2.75) is 23.6 Å². The molecule has 1 amide bonds. The Hall–Kier alpha value is -3.04. The minimum atomic E-state index is -0.227. The summed E-state index contributed by atoms with van der Waals surface area (Å²) >= 11 is 2.56. The van der Waals surface area contributed by atoms with E-state index in [4.69, 9.17) is 15.7 Å². The molecular weight excluding hydrogens is 416 g/mol. The van der Waals surface area contributed by atoms with Gasteiger partial charge in [0.1, 0.15) is 5.84 Å². The SMILES string of the molecule is CCC1=Nc2ccccc2N=C(NC(=O)CSc2nnc(N)s2)[C@@H]1c1ccccc1. The van der Waals surface area contributed by atoms with Crippen LogP contribution in [-0.4, -0.2) is 33.4 Å². The number of amides is 1.